The lowest BCUT2D eigenvalue weighted by atomic mass is 10.3. The summed E-state index contributed by atoms with van der Waals surface area (Å²) in [6.07, 6.45) is 0. The number of benzene rings is 2. The van der Waals surface area contributed by atoms with Crippen molar-refractivity contribution in [3.63, 3.8) is 0 Å². The van der Waals surface area contributed by atoms with E-state index in [1.807, 2.05) is 28.7 Å². The Hall–Kier alpha value is -2.87. The molecular formula is C17H14FN5OS. The lowest BCUT2D eigenvalue weighted by molar-refractivity contribution is -0.115. The molecule has 0 saturated carbocycles. The van der Waals surface area contributed by atoms with Gasteiger partial charge in [0, 0.05) is 0 Å². The van der Waals surface area contributed by atoms with Crippen LogP contribution in [0.5, 0.6) is 0 Å². The summed E-state index contributed by atoms with van der Waals surface area (Å²) in [4.78, 5) is 16.8. The van der Waals surface area contributed by atoms with Gasteiger partial charge in [-0.2, -0.15) is 0 Å². The Bertz CT molecular complexity index is 1070. The van der Waals surface area contributed by atoms with Gasteiger partial charge in [0.15, 0.2) is 5.16 Å². The predicted molar refractivity (Wildman–Crippen MR) is 95.2 cm³/mol. The predicted octanol–water partition coefficient (Wildman–Crippen LogP) is 3.47. The standard InChI is InChI=1S/C17H14FN5OS/c1-10(15(24)19-12-7-3-2-6-11(12)18)25-17-22-21-16-20-13-8-4-5-9-14(13)23(16)17/h2-10H,1H3,(H,19,24)(H,20,21)/t10-/m0/s1. The lowest BCUT2D eigenvalue weighted by Crippen LogP contribution is -2.23. The van der Waals surface area contributed by atoms with Crippen LogP contribution in [0.1, 0.15) is 6.92 Å². The van der Waals surface area contributed by atoms with Gasteiger partial charge in [-0.15, -0.1) is 5.10 Å². The number of rotatable bonds is 4. The molecule has 2 heterocycles. The minimum atomic E-state index is -0.465. The van der Waals surface area contributed by atoms with Crippen molar-refractivity contribution in [2.24, 2.45) is 0 Å². The molecule has 4 rings (SSSR count). The summed E-state index contributed by atoms with van der Waals surface area (Å²) in [6.45, 7) is 1.75. The van der Waals surface area contributed by atoms with Crippen LogP contribution in [0.4, 0.5) is 10.1 Å². The van der Waals surface area contributed by atoms with Crippen molar-refractivity contribution in [2.45, 2.75) is 17.3 Å². The molecule has 2 aromatic carbocycles. The highest BCUT2D eigenvalue weighted by molar-refractivity contribution is 8.00. The first-order chi connectivity index (χ1) is 12.1. The zero-order valence-corrected chi connectivity index (χ0v) is 14.0. The van der Waals surface area contributed by atoms with Crippen molar-refractivity contribution in [3.8, 4) is 0 Å². The van der Waals surface area contributed by atoms with Crippen LogP contribution in [-0.4, -0.2) is 30.7 Å². The number of halogens is 1. The molecule has 0 aliphatic carbocycles. The molecule has 8 heteroatoms. The fourth-order valence-electron chi connectivity index (χ4n) is 2.53. The van der Waals surface area contributed by atoms with Crippen LogP contribution >= 0.6 is 11.8 Å². The maximum atomic E-state index is 13.7. The number of anilines is 1. The second kappa shape index (κ2) is 6.21. The molecule has 0 unspecified atom stereocenters. The van der Waals surface area contributed by atoms with Gasteiger partial charge in [0.2, 0.25) is 11.7 Å². The van der Waals surface area contributed by atoms with Gasteiger partial charge in [0.25, 0.3) is 0 Å². The van der Waals surface area contributed by atoms with Crippen LogP contribution < -0.4 is 5.32 Å². The fraction of sp³-hybridized carbons (Fsp3) is 0.118. The van der Waals surface area contributed by atoms with Crippen LogP contribution in [0, 0.1) is 5.82 Å². The maximum Gasteiger partial charge on any atom is 0.237 e. The molecule has 0 saturated heterocycles. The second-order valence-electron chi connectivity index (χ2n) is 5.49. The second-order valence-corrected chi connectivity index (χ2v) is 6.80. The summed E-state index contributed by atoms with van der Waals surface area (Å²) in [5, 5.41) is 9.87. The van der Waals surface area contributed by atoms with Gasteiger partial charge in [-0.25, -0.2) is 14.5 Å². The molecule has 4 aromatic rings. The number of nitrogens with one attached hydrogen (secondary N) is 2. The number of nitrogens with zero attached hydrogens (tertiary/aromatic N) is 3. The molecule has 6 nitrogen and oxygen atoms in total. The van der Waals surface area contributed by atoms with E-state index in [0.717, 1.165) is 11.0 Å². The molecule has 1 atom stereocenters. The largest absolute Gasteiger partial charge is 0.323 e. The lowest BCUT2D eigenvalue weighted by Gasteiger charge is -2.11. The summed E-state index contributed by atoms with van der Waals surface area (Å²) in [6, 6.07) is 13.8. The monoisotopic (exact) mass is 355 g/mol. The smallest absolute Gasteiger partial charge is 0.237 e. The summed E-state index contributed by atoms with van der Waals surface area (Å²) in [5.74, 6) is -0.142. The van der Waals surface area contributed by atoms with E-state index in [4.69, 9.17) is 0 Å². The Balaban J connectivity index is 1.58. The average molecular weight is 355 g/mol. The number of hydrogen-bond donors (Lipinski definition) is 2. The number of fused-ring (bicyclic) bond motifs is 3. The van der Waals surface area contributed by atoms with Gasteiger partial charge in [0.05, 0.1) is 22.0 Å². The van der Waals surface area contributed by atoms with Crippen molar-refractivity contribution in [1.29, 1.82) is 0 Å². The maximum absolute atomic E-state index is 13.7. The normalized spacial score (nSPS) is 12.6. The van der Waals surface area contributed by atoms with E-state index in [9.17, 15) is 9.18 Å². The molecule has 0 aliphatic rings. The summed E-state index contributed by atoms with van der Waals surface area (Å²) in [5.41, 5.74) is 1.93. The number of carbonyl (C=O) groups excluding carboxylic acids is 1. The minimum Gasteiger partial charge on any atom is -0.323 e. The SMILES string of the molecule is C[C@H](Sc1n[nH]c2nc3ccccc3n12)C(=O)Nc1ccccc1F. The molecule has 0 spiro atoms. The molecule has 2 N–H and O–H groups in total. The third-order valence-corrected chi connectivity index (χ3v) is 4.84. The number of thioether (sulfide) groups is 1. The minimum absolute atomic E-state index is 0.167. The first-order valence-electron chi connectivity index (χ1n) is 7.67. The molecule has 0 radical (unpaired) electrons. The van der Waals surface area contributed by atoms with Crippen molar-refractivity contribution < 1.29 is 9.18 Å². The van der Waals surface area contributed by atoms with Gasteiger partial charge in [0.1, 0.15) is 5.82 Å². The van der Waals surface area contributed by atoms with E-state index in [-0.39, 0.29) is 11.6 Å². The number of amides is 1. The number of para-hydroxylation sites is 3. The van der Waals surface area contributed by atoms with Gasteiger partial charge >= 0.3 is 0 Å². The number of imidazole rings is 1. The van der Waals surface area contributed by atoms with E-state index < -0.39 is 11.1 Å². The summed E-state index contributed by atoms with van der Waals surface area (Å²) >= 11 is 1.28. The summed E-state index contributed by atoms with van der Waals surface area (Å²) in [7, 11) is 0. The van der Waals surface area contributed by atoms with Gasteiger partial charge < -0.3 is 5.32 Å². The Kier molecular flexibility index (Phi) is 3.89. The Morgan fingerprint density at radius 1 is 1.24 bits per heavy atom. The number of aromatic amines is 1. The van der Waals surface area contributed by atoms with Crippen molar-refractivity contribution in [3.05, 3.63) is 54.3 Å². The van der Waals surface area contributed by atoms with E-state index >= 15 is 0 Å². The number of carbonyl (C=O) groups is 1. The number of aromatic nitrogens is 4. The third-order valence-electron chi connectivity index (χ3n) is 3.79. The van der Waals surface area contributed by atoms with Crippen molar-refractivity contribution >= 4 is 40.2 Å². The highest BCUT2D eigenvalue weighted by Gasteiger charge is 2.20. The van der Waals surface area contributed by atoms with E-state index in [2.05, 4.69) is 20.5 Å². The van der Waals surface area contributed by atoms with Gasteiger partial charge in [-0.3, -0.25) is 9.20 Å². The number of H-pyrrole nitrogens is 1. The van der Waals surface area contributed by atoms with Crippen LogP contribution in [0.15, 0.2) is 53.7 Å². The van der Waals surface area contributed by atoms with Crippen LogP contribution in [0.2, 0.25) is 0 Å². The molecule has 126 valence electrons. The van der Waals surface area contributed by atoms with Crippen LogP contribution in [0.3, 0.4) is 0 Å². The zero-order valence-electron chi connectivity index (χ0n) is 13.2. The molecule has 0 aliphatic heterocycles. The third kappa shape index (κ3) is 2.85. The molecule has 0 fully saturated rings. The molecule has 25 heavy (non-hydrogen) atoms. The Morgan fingerprint density at radius 2 is 2.00 bits per heavy atom. The van der Waals surface area contributed by atoms with Crippen LogP contribution in [0.25, 0.3) is 16.8 Å². The number of hydrogen-bond acceptors (Lipinski definition) is 4. The summed E-state index contributed by atoms with van der Waals surface area (Å²) < 4.78 is 15.5. The Labute approximate surface area is 146 Å². The highest BCUT2D eigenvalue weighted by atomic mass is 32.2. The molecular weight excluding hydrogens is 341 g/mol. The van der Waals surface area contributed by atoms with Crippen molar-refractivity contribution in [1.82, 2.24) is 19.6 Å². The first kappa shape index (κ1) is 15.6. The van der Waals surface area contributed by atoms with E-state index in [1.54, 1.807) is 19.1 Å². The molecule has 1 amide bonds. The van der Waals surface area contributed by atoms with Crippen molar-refractivity contribution in [2.75, 3.05) is 5.32 Å². The van der Waals surface area contributed by atoms with Crippen LogP contribution in [-0.2, 0) is 4.79 Å². The van der Waals surface area contributed by atoms with Gasteiger partial charge in [-0.05, 0) is 31.2 Å². The quantitative estimate of drug-likeness (QED) is 0.550. The molecule has 0 bridgehead atoms. The van der Waals surface area contributed by atoms with E-state index in [0.29, 0.717) is 10.9 Å². The highest BCUT2D eigenvalue weighted by Crippen LogP contribution is 2.26. The fourth-order valence-corrected chi connectivity index (χ4v) is 3.40. The van der Waals surface area contributed by atoms with Gasteiger partial charge in [-0.1, -0.05) is 36.0 Å². The zero-order chi connectivity index (χ0) is 17.4. The Morgan fingerprint density at radius 3 is 2.84 bits per heavy atom. The molecule has 2 aromatic heterocycles. The topological polar surface area (TPSA) is 75.1 Å². The first-order valence-corrected chi connectivity index (χ1v) is 8.55. The average Bonchev–Trinajstić information content (AvgIpc) is 3.16. The van der Waals surface area contributed by atoms with E-state index in [1.165, 1.54) is 23.9 Å².